The second-order valence-corrected chi connectivity index (χ2v) is 4.09. The van der Waals surface area contributed by atoms with Crippen LogP contribution in [0.25, 0.3) is 0 Å². The van der Waals surface area contributed by atoms with Gasteiger partial charge in [0.2, 0.25) is 0 Å². The molecular weight excluding hydrogens is 231 g/mol. The first kappa shape index (κ1) is 12.4. The number of hydrogen-bond acceptors (Lipinski definition) is 2. The molecule has 1 aromatic rings. The molecular formula is C12H14F3NO. The summed E-state index contributed by atoms with van der Waals surface area (Å²) in [6.07, 6.45) is -4.23. The van der Waals surface area contributed by atoms with Gasteiger partial charge in [-0.25, -0.2) is 0 Å². The molecule has 0 spiro atoms. The Morgan fingerprint density at radius 3 is 2.59 bits per heavy atom. The van der Waals surface area contributed by atoms with Crippen LogP contribution in [0.1, 0.15) is 5.56 Å². The molecule has 1 atom stereocenters. The van der Waals surface area contributed by atoms with Gasteiger partial charge < -0.3 is 4.74 Å². The summed E-state index contributed by atoms with van der Waals surface area (Å²) in [5.41, 5.74) is 0.892. The van der Waals surface area contributed by atoms with Crippen LogP contribution in [0.2, 0.25) is 0 Å². The van der Waals surface area contributed by atoms with Gasteiger partial charge in [0.25, 0.3) is 0 Å². The Balaban J connectivity index is 2.07. The van der Waals surface area contributed by atoms with E-state index in [1.165, 1.54) is 4.90 Å². The Morgan fingerprint density at radius 1 is 1.24 bits per heavy atom. The smallest absolute Gasteiger partial charge is 0.378 e. The summed E-state index contributed by atoms with van der Waals surface area (Å²) >= 11 is 0. The number of ether oxygens (including phenoxy) is 1. The van der Waals surface area contributed by atoms with Gasteiger partial charge in [-0.15, -0.1) is 0 Å². The van der Waals surface area contributed by atoms with E-state index in [1.807, 2.05) is 30.3 Å². The number of nitrogens with zero attached hydrogens (tertiary/aromatic N) is 1. The van der Waals surface area contributed by atoms with Crippen LogP contribution in [0.3, 0.4) is 0 Å². The lowest BCUT2D eigenvalue weighted by molar-refractivity contribution is -0.213. The zero-order valence-electron chi connectivity index (χ0n) is 9.28. The van der Waals surface area contributed by atoms with E-state index in [2.05, 4.69) is 0 Å². The van der Waals surface area contributed by atoms with Crippen LogP contribution in [0.5, 0.6) is 0 Å². The molecule has 1 heterocycles. The van der Waals surface area contributed by atoms with Crippen molar-refractivity contribution in [2.45, 2.75) is 18.8 Å². The van der Waals surface area contributed by atoms with Crippen LogP contribution in [0.4, 0.5) is 13.2 Å². The van der Waals surface area contributed by atoms with E-state index in [9.17, 15) is 13.2 Å². The molecule has 5 heteroatoms. The number of alkyl halides is 3. The van der Waals surface area contributed by atoms with Gasteiger partial charge in [0.05, 0.1) is 13.2 Å². The molecule has 17 heavy (non-hydrogen) atoms. The first-order chi connectivity index (χ1) is 8.07. The van der Waals surface area contributed by atoms with E-state index >= 15 is 0 Å². The van der Waals surface area contributed by atoms with Crippen LogP contribution in [-0.2, 0) is 11.3 Å². The first-order valence-corrected chi connectivity index (χ1v) is 5.50. The Morgan fingerprint density at radius 2 is 1.94 bits per heavy atom. The van der Waals surface area contributed by atoms with Gasteiger partial charge >= 0.3 is 6.18 Å². The number of rotatable bonds is 2. The van der Waals surface area contributed by atoms with Crippen LogP contribution in [0, 0.1) is 0 Å². The highest BCUT2D eigenvalue weighted by Crippen LogP contribution is 2.28. The highest BCUT2D eigenvalue weighted by atomic mass is 19.4. The second kappa shape index (κ2) is 5.06. The van der Waals surface area contributed by atoms with E-state index in [0.717, 1.165) is 5.56 Å². The van der Waals surface area contributed by atoms with Crippen molar-refractivity contribution < 1.29 is 17.9 Å². The Hall–Kier alpha value is -1.07. The number of halogens is 3. The van der Waals surface area contributed by atoms with Crippen molar-refractivity contribution in [3.63, 3.8) is 0 Å². The maximum absolute atomic E-state index is 12.8. The highest BCUT2D eigenvalue weighted by molar-refractivity contribution is 5.14. The fraction of sp³-hybridized carbons (Fsp3) is 0.500. The van der Waals surface area contributed by atoms with Gasteiger partial charge in [0.15, 0.2) is 0 Å². The van der Waals surface area contributed by atoms with Crippen molar-refractivity contribution in [3.05, 3.63) is 35.9 Å². The fourth-order valence-electron chi connectivity index (χ4n) is 1.95. The van der Waals surface area contributed by atoms with Crippen LogP contribution in [0.15, 0.2) is 30.3 Å². The first-order valence-electron chi connectivity index (χ1n) is 5.50. The van der Waals surface area contributed by atoms with E-state index in [-0.39, 0.29) is 6.61 Å². The Bertz CT molecular complexity index is 353. The number of morpholine rings is 1. The number of benzene rings is 1. The Kier molecular flexibility index (Phi) is 3.69. The topological polar surface area (TPSA) is 12.5 Å². The minimum Gasteiger partial charge on any atom is -0.378 e. The van der Waals surface area contributed by atoms with Crippen molar-refractivity contribution in [3.8, 4) is 0 Å². The third kappa shape index (κ3) is 3.20. The molecule has 1 aromatic carbocycles. The van der Waals surface area contributed by atoms with Gasteiger partial charge in [-0.1, -0.05) is 30.3 Å². The van der Waals surface area contributed by atoms with Crippen LogP contribution in [-0.4, -0.2) is 36.9 Å². The summed E-state index contributed by atoms with van der Waals surface area (Å²) < 4.78 is 43.2. The molecule has 0 aliphatic carbocycles. The minimum absolute atomic E-state index is 0.268. The average Bonchev–Trinajstić information content (AvgIpc) is 2.30. The summed E-state index contributed by atoms with van der Waals surface area (Å²) in [6.45, 7) is 0.725. The van der Waals surface area contributed by atoms with Crippen LogP contribution >= 0.6 is 0 Å². The molecule has 0 radical (unpaired) electrons. The second-order valence-electron chi connectivity index (χ2n) is 4.09. The van der Waals surface area contributed by atoms with Gasteiger partial charge in [-0.05, 0) is 5.56 Å². The lowest BCUT2D eigenvalue weighted by Gasteiger charge is -2.36. The lowest BCUT2D eigenvalue weighted by Crippen LogP contribution is -2.52. The highest BCUT2D eigenvalue weighted by Gasteiger charge is 2.45. The quantitative estimate of drug-likeness (QED) is 0.793. The molecule has 2 nitrogen and oxygen atoms in total. The maximum atomic E-state index is 12.8. The molecule has 0 saturated carbocycles. The van der Waals surface area contributed by atoms with Crippen molar-refractivity contribution in [2.75, 3.05) is 19.8 Å². The summed E-state index contributed by atoms with van der Waals surface area (Å²) in [5, 5.41) is 0. The monoisotopic (exact) mass is 245 g/mol. The largest absolute Gasteiger partial charge is 0.406 e. The fourth-order valence-corrected chi connectivity index (χ4v) is 1.95. The molecule has 1 aliphatic rings. The average molecular weight is 245 g/mol. The van der Waals surface area contributed by atoms with Crippen molar-refractivity contribution in [1.29, 1.82) is 0 Å². The third-order valence-corrected chi connectivity index (χ3v) is 2.85. The molecule has 0 amide bonds. The molecule has 94 valence electrons. The standard InChI is InChI=1S/C12H14F3NO/c13-12(14,15)11-9-17-7-6-16(11)8-10-4-2-1-3-5-10/h1-5,11H,6-9H2/t11-/m0/s1. The van der Waals surface area contributed by atoms with E-state index in [4.69, 9.17) is 4.74 Å². The zero-order chi connectivity index (χ0) is 12.3. The molecule has 0 bridgehead atoms. The maximum Gasteiger partial charge on any atom is 0.406 e. The third-order valence-electron chi connectivity index (χ3n) is 2.85. The normalized spacial score (nSPS) is 22.6. The summed E-state index contributed by atoms with van der Waals surface area (Å²) in [4.78, 5) is 1.43. The molecule has 1 fully saturated rings. The number of hydrogen-bond donors (Lipinski definition) is 0. The van der Waals surface area contributed by atoms with Crippen molar-refractivity contribution >= 4 is 0 Å². The lowest BCUT2D eigenvalue weighted by atomic mass is 10.1. The van der Waals surface area contributed by atoms with Crippen LogP contribution < -0.4 is 0 Å². The molecule has 0 N–H and O–H groups in total. The molecule has 1 aliphatic heterocycles. The predicted octanol–water partition coefficient (Wildman–Crippen LogP) is 2.45. The van der Waals surface area contributed by atoms with Gasteiger partial charge in [-0.2, -0.15) is 13.2 Å². The summed E-state index contributed by atoms with van der Waals surface area (Å²) in [7, 11) is 0. The molecule has 0 aromatic heterocycles. The summed E-state index contributed by atoms with van der Waals surface area (Å²) in [6, 6.07) is 7.70. The minimum atomic E-state index is -4.23. The van der Waals surface area contributed by atoms with E-state index < -0.39 is 12.2 Å². The molecule has 0 unspecified atom stereocenters. The van der Waals surface area contributed by atoms with E-state index in [1.54, 1.807) is 0 Å². The summed E-state index contributed by atoms with van der Waals surface area (Å²) in [5.74, 6) is 0. The Labute approximate surface area is 98.0 Å². The SMILES string of the molecule is FC(F)(F)[C@@H]1COCCN1Cc1ccccc1. The van der Waals surface area contributed by atoms with Gasteiger partial charge in [-0.3, -0.25) is 4.90 Å². The van der Waals surface area contributed by atoms with E-state index in [0.29, 0.717) is 19.7 Å². The van der Waals surface area contributed by atoms with Crippen molar-refractivity contribution in [2.24, 2.45) is 0 Å². The molecule has 2 rings (SSSR count). The predicted molar refractivity (Wildman–Crippen MR) is 57.5 cm³/mol. The van der Waals surface area contributed by atoms with Gasteiger partial charge in [0.1, 0.15) is 6.04 Å². The molecule has 1 saturated heterocycles. The van der Waals surface area contributed by atoms with Gasteiger partial charge in [0, 0.05) is 13.1 Å². The zero-order valence-corrected chi connectivity index (χ0v) is 9.28. The van der Waals surface area contributed by atoms with Crippen molar-refractivity contribution in [1.82, 2.24) is 4.90 Å².